The van der Waals surface area contributed by atoms with Crippen molar-refractivity contribution in [1.29, 1.82) is 0 Å². The molecular weight excluding hydrogens is 114 g/mol. The van der Waals surface area contributed by atoms with Crippen LogP contribution in [0.4, 0.5) is 0 Å². The molecule has 0 aromatic rings. The van der Waals surface area contributed by atoms with E-state index >= 15 is 0 Å². The average molecular weight is 131 g/mol. The highest BCUT2D eigenvalue weighted by Gasteiger charge is 2.32. The number of aliphatic hydroxyl groups excluding tert-OH is 1. The van der Waals surface area contributed by atoms with Crippen molar-refractivity contribution in [2.45, 2.75) is 32.4 Å². The smallest absolute Gasteiger partial charge is 0.0794 e. The van der Waals surface area contributed by atoms with Gasteiger partial charge in [-0.25, -0.2) is 0 Å². The summed E-state index contributed by atoms with van der Waals surface area (Å²) in [5, 5.41) is 8.94. The zero-order valence-corrected chi connectivity index (χ0v) is 6.39. The molecule has 9 heavy (non-hydrogen) atoms. The Morgan fingerprint density at radius 3 is 2.00 bits per heavy atom. The molecule has 56 valence electrons. The number of rotatable bonds is 0. The monoisotopic (exact) mass is 131 g/mol. The summed E-state index contributed by atoms with van der Waals surface area (Å²) in [6, 6.07) is 0. The minimum atomic E-state index is -0.0655. The number of likely N-dealkylation sites (tertiary alicyclic amines) is 1. The highest BCUT2D eigenvalue weighted by Crippen LogP contribution is 2.20. The third-order valence-electron chi connectivity index (χ3n) is 1.81. The molecule has 0 amide bonds. The maximum Gasteiger partial charge on any atom is 0.0794 e. The van der Waals surface area contributed by atoms with Gasteiger partial charge in [-0.05, 0) is 20.8 Å². The van der Waals surface area contributed by atoms with Crippen molar-refractivity contribution in [3.8, 4) is 0 Å². The molecule has 0 bridgehead atoms. The fourth-order valence-corrected chi connectivity index (χ4v) is 1.00. The van der Waals surface area contributed by atoms with E-state index in [1.54, 1.807) is 0 Å². The van der Waals surface area contributed by atoms with Crippen molar-refractivity contribution >= 4 is 0 Å². The predicted molar refractivity (Wildman–Crippen MR) is 39.4 cm³/mol. The van der Waals surface area contributed by atoms with E-state index in [0.717, 1.165) is 13.1 Å². The molecule has 1 rings (SSSR count). The maximum atomic E-state index is 8.94. The molecule has 1 aliphatic heterocycles. The van der Waals surface area contributed by atoms with Gasteiger partial charge in [-0.2, -0.15) is 0 Å². The molecule has 0 atom stereocenters. The van der Waals surface area contributed by atoms with Crippen molar-refractivity contribution in [3.05, 3.63) is 0 Å². The molecule has 2 nitrogen and oxygen atoms in total. The van der Waals surface area contributed by atoms with Gasteiger partial charge in [0.05, 0.1) is 6.10 Å². The molecule has 2 heteroatoms. The second-order valence-corrected chi connectivity index (χ2v) is 3.73. The minimum absolute atomic E-state index is 0. The van der Waals surface area contributed by atoms with Crippen LogP contribution in [0.1, 0.15) is 22.2 Å². The van der Waals surface area contributed by atoms with Crippen LogP contribution in [0.25, 0.3) is 0 Å². The quantitative estimate of drug-likeness (QED) is 0.523. The number of β-amino-alcohol motifs (C(OH)–C–C–N with tert-alkyl or cyclic N) is 1. The molecule has 0 unspecified atom stereocenters. The van der Waals surface area contributed by atoms with E-state index in [1.807, 2.05) is 0 Å². The Balaban J connectivity index is 0.000000810. The van der Waals surface area contributed by atoms with Crippen LogP contribution in [0, 0.1) is 0 Å². The number of nitrogens with zero attached hydrogens (tertiary/aromatic N) is 1. The van der Waals surface area contributed by atoms with Gasteiger partial charge in [-0.1, -0.05) is 0 Å². The molecule has 1 saturated heterocycles. The van der Waals surface area contributed by atoms with Gasteiger partial charge in [0.15, 0.2) is 0 Å². The Kier molecular flexibility index (Phi) is 1.53. The molecule has 0 aromatic carbocycles. The number of aliphatic hydroxyl groups is 1. The summed E-state index contributed by atoms with van der Waals surface area (Å²) in [7, 11) is 0. The van der Waals surface area contributed by atoms with Gasteiger partial charge >= 0.3 is 0 Å². The standard InChI is InChI=1S/C7H15NO.H2/c1-7(2,3)8-4-6(9)5-8;/h6,9H,4-5H2,1-3H3;1H. The summed E-state index contributed by atoms with van der Waals surface area (Å²) in [5.41, 5.74) is 0.249. The lowest BCUT2D eigenvalue weighted by molar-refractivity contribution is -0.0485. The first kappa shape index (κ1) is 7.03. The van der Waals surface area contributed by atoms with Crippen LogP contribution in [0.3, 0.4) is 0 Å². The van der Waals surface area contributed by atoms with E-state index in [2.05, 4.69) is 25.7 Å². The summed E-state index contributed by atoms with van der Waals surface area (Å²) in [6.07, 6.45) is -0.0655. The van der Waals surface area contributed by atoms with Crippen molar-refractivity contribution in [3.63, 3.8) is 0 Å². The fraction of sp³-hybridized carbons (Fsp3) is 1.00. The maximum absolute atomic E-state index is 8.94. The van der Waals surface area contributed by atoms with E-state index in [4.69, 9.17) is 5.11 Å². The van der Waals surface area contributed by atoms with E-state index < -0.39 is 0 Å². The molecule has 0 radical (unpaired) electrons. The van der Waals surface area contributed by atoms with Gasteiger partial charge in [0.25, 0.3) is 0 Å². The Bertz CT molecular complexity index is 105. The molecule has 0 spiro atoms. The van der Waals surface area contributed by atoms with Gasteiger partial charge in [0.1, 0.15) is 0 Å². The summed E-state index contributed by atoms with van der Waals surface area (Å²) in [6.45, 7) is 8.20. The summed E-state index contributed by atoms with van der Waals surface area (Å²) in [5.74, 6) is 0. The summed E-state index contributed by atoms with van der Waals surface area (Å²) >= 11 is 0. The van der Waals surface area contributed by atoms with Crippen molar-refractivity contribution in [2.24, 2.45) is 0 Å². The normalized spacial score (nSPS) is 24.0. The van der Waals surface area contributed by atoms with Crippen LogP contribution in [0.5, 0.6) is 0 Å². The highest BCUT2D eigenvalue weighted by molar-refractivity contribution is 4.87. The van der Waals surface area contributed by atoms with Gasteiger partial charge in [0.2, 0.25) is 0 Å². The van der Waals surface area contributed by atoms with Crippen LogP contribution < -0.4 is 0 Å². The van der Waals surface area contributed by atoms with Crippen molar-refractivity contribution < 1.29 is 6.53 Å². The van der Waals surface area contributed by atoms with Crippen LogP contribution >= 0.6 is 0 Å². The van der Waals surface area contributed by atoms with Gasteiger partial charge in [-0.15, -0.1) is 0 Å². The lowest BCUT2D eigenvalue weighted by atomic mass is 9.99. The summed E-state index contributed by atoms with van der Waals surface area (Å²) in [4.78, 5) is 2.26. The first-order chi connectivity index (χ1) is 4.00. The highest BCUT2D eigenvalue weighted by atomic mass is 16.3. The topological polar surface area (TPSA) is 23.5 Å². The molecule has 1 fully saturated rings. The van der Waals surface area contributed by atoms with Crippen LogP contribution in [0.15, 0.2) is 0 Å². The molecule has 1 heterocycles. The first-order valence-corrected chi connectivity index (χ1v) is 3.43. The Labute approximate surface area is 58.0 Å². The molecule has 1 N–H and O–H groups in total. The minimum Gasteiger partial charge on any atom is -0.390 e. The number of hydrogen-bond donors (Lipinski definition) is 1. The van der Waals surface area contributed by atoms with E-state index in [9.17, 15) is 0 Å². The largest absolute Gasteiger partial charge is 0.390 e. The van der Waals surface area contributed by atoms with Crippen LogP contribution in [-0.2, 0) is 0 Å². The van der Waals surface area contributed by atoms with E-state index in [-0.39, 0.29) is 13.1 Å². The van der Waals surface area contributed by atoms with Gasteiger partial charge < -0.3 is 5.11 Å². The second-order valence-electron chi connectivity index (χ2n) is 3.73. The summed E-state index contributed by atoms with van der Waals surface area (Å²) < 4.78 is 0. The number of hydrogen-bond acceptors (Lipinski definition) is 2. The first-order valence-electron chi connectivity index (χ1n) is 3.43. The van der Waals surface area contributed by atoms with E-state index in [1.165, 1.54) is 0 Å². The average Bonchev–Trinajstić information content (AvgIpc) is 1.55. The van der Waals surface area contributed by atoms with Gasteiger partial charge in [-0.3, -0.25) is 4.90 Å². The molecule has 0 saturated carbocycles. The zero-order chi connectivity index (χ0) is 7.07. The third-order valence-corrected chi connectivity index (χ3v) is 1.81. The van der Waals surface area contributed by atoms with Crippen LogP contribution in [-0.4, -0.2) is 34.7 Å². The second kappa shape index (κ2) is 1.96. The molecule has 0 aromatic heterocycles. The molecule has 0 aliphatic carbocycles. The fourth-order valence-electron chi connectivity index (χ4n) is 1.00. The lowest BCUT2D eigenvalue weighted by Crippen LogP contribution is -2.58. The zero-order valence-electron chi connectivity index (χ0n) is 6.39. The predicted octanol–water partition coefficient (Wildman–Crippen LogP) is 0.707. The molecule has 1 aliphatic rings. The Morgan fingerprint density at radius 1 is 1.44 bits per heavy atom. The van der Waals surface area contributed by atoms with E-state index in [0.29, 0.717) is 0 Å². The third kappa shape index (κ3) is 1.43. The SMILES string of the molecule is CC(C)(C)N1CC(O)C1.[HH]. The lowest BCUT2D eigenvalue weighted by Gasteiger charge is -2.45. The van der Waals surface area contributed by atoms with Gasteiger partial charge in [0, 0.05) is 20.1 Å². The molecular formula is C7H17NO. The Hall–Kier alpha value is -0.0800. The van der Waals surface area contributed by atoms with Crippen molar-refractivity contribution in [2.75, 3.05) is 13.1 Å². The Morgan fingerprint density at radius 2 is 1.89 bits per heavy atom. The van der Waals surface area contributed by atoms with Crippen LogP contribution in [0.2, 0.25) is 0 Å². The van der Waals surface area contributed by atoms with Crippen molar-refractivity contribution in [1.82, 2.24) is 4.90 Å².